The van der Waals surface area contributed by atoms with Crippen LogP contribution in [0.3, 0.4) is 0 Å². The van der Waals surface area contributed by atoms with Crippen LogP contribution in [0.1, 0.15) is 238 Å². The third-order valence-corrected chi connectivity index (χ3v) is 19.2. The first kappa shape index (κ1) is 72.6. The van der Waals surface area contributed by atoms with E-state index in [0.29, 0.717) is 24.0 Å². The zero-order valence-electron chi connectivity index (χ0n) is 56.3. The van der Waals surface area contributed by atoms with Gasteiger partial charge >= 0.3 is 6.61 Å². The maximum absolute atomic E-state index is 12.0. The van der Waals surface area contributed by atoms with Crippen molar-refractivity contribution in [1.29, 1.82) is 0 Å². The van der Waals surface area contributed by atoms with Crippen LogP contribution in [0, 0.1) is 59.2 Å². The Morgan fingerprint density at radius 1 is 0.403 bits per heavy atom. The molecule has 0 spiro atoms. The summed E-state index contributed by atoms with van der Waals surface area (Å²) >= 11 is 0. The van der Waals surface area contributed by atoms with Crippen LogP contribution in [-0.4, -0.2) is 167 Å². The zero-order valence-corrected chi connectivity index (χ0v) is 56.3. The second kappa shape index (κ2) is 35.0. The highest BCUT2D eigenvalue weighted by molar-refractivity contribution is 5.07. The summed E-state index contributed by atoms with van der Waals surface area (Å²) in [5, 5.41) is 0. The Balaban J connectivity index is 0.000000317. The molecule has 0 aromatic heterocycles. The van der Waals surface area contributed by atoms with Crippen LogP contribution in [0.2, 0.25) is 0 Å². The van der Waals surface area contributed by atoms with E-state index >= 15 is 0 Å². The van der Waals surface area contributed by atoms with Crippen LogP contribution in [0.5, 0.6) is 0 Å². The quantitative estimate of drug-likeness (QED) is 0.143. The first-order valence-electron chi connectivity index (χ1n) is 32.7. The van der Waals surface area contributed by atoms with Gasteiger partial charge in [0.25, 0.3) is 0 Å². The fourth-order valence-electron chi connectivity index (χ4n) is 15.2. The van der Waals surface area contributed by atoms with Gasteiger partial charge in [-0.25, -0.2) is 0 Å². The van der Waals surface area contributed by atoms with Crippen molar-refractivity contribution >= 4 is 0 Å². The van der Waals surface area contributed by atoms with Crippen molar-refractivity contribution in [3.8, 4) is 0 Å². The molecule has 8 nitrogen and oxygen atoms in total. The molecule has 10 heteroatoms. The minimum absolute atomic E-state index is 0.185. The van der Waals surface area contributed by atoms with E-state index in [1.165, 1.54) is 71.0 Å². The van der Waals surface area contributed by atoms with Crippen molar-refractivity contribution in [2.45, 2.75) is 329 Å². The van der Waals surface area contributed by atoms with E-state index in [1.54, 1.807) is 0 Å². The van der Waals surface area contributed by atoms with Gasteiger partial charge in [0.2, 0.25) is 0 Å². The van der Waals surface area contributed by atoms with E-state index in [9.17, 15) is 8.78 Å². The highest BCUT2D eigenvalue weighted by atomic mass is 19.3. The van der Waals surface area contributed by atoms with Crippen LogP contribution >= 0.6 is 0 Å². The molecule has 0 bridgehead atoms. The minimum Gasteiger partial charge on any atom is -0.384 e. The number of fused-ring (bicyclic) bond motifs is 1. The topological polar surface area (TPSA) is 37.9 Å². The SMILES string of the molecule is CC(C)[C@@H]1CC(COC(F)F)CN1C(C)C.CC(C)[C@@H]1CC2CC2N1C(C)C.CC(C)[C@@H]1CCC(C)N1C(C)C.CC(C)[C@@H]1CCCN1C(C)C.CC1C[C@@H](C(C)C)N(C(C)C)C1.COCC1C[C@@H](C(C)C)N(C(C)C)C1. The van der Waals surface area contributed by atoms with Gasteiger partial charge in [-0.15, -0.1) is 0 Å². The molecule has 7 aliphatic rings. The lowest BCUT2D eigenvalue weighted by Gasteiger charge is -2.34. The molecule has 460 valence electrons. The lowest BCUT2D eigenvalue weighted by molar-refractivity contribution is -0.137. The average Bonchev–Trinajstić information content (AvgIpc) is 4.05. The standard InChI is InChI=1S/C12H23F2NO.C12H25NO.C11H21N.2C11H23N.C10H21N/c1-8(2)11-5-10(7-16-12(13)14)6-15(11)9(3)4;1-9(2)12-6-11(8-14-5)7-13(12)10(3)4;1-7(2)10-5-9-6-11(9)12(10)8(3)4;1-8(2)11-6-10(5)7-12(11)9(3)4;1-8(2)11-7-6-10(5)12(11)9(3)4;1-8(2)10-6-5-7-11(10)9(3)4/h8-12H,5-7H2,1-4H3;9-12H,6-8H2,1-5H3;7-11H,5-6H2,1-4H3;2*8-11H,6-7H2,1-5H3;8-10H,5-7H2,1-4H3/t10?,11-;11?,12-;9?,10-,11?;2*10?,11-;10-/m000000/s1. The molecule has 0 radical (unpaired) electrons. The van der Waals surface area contributed by atoms with E-state index < -0.39 is 6.61 Å². The number of hydrogen-bond acceptors (Lipinski definition) is 8. The Labute approximate surface area is 480 Å². The Kier molecular flexibility index (Phi) is 33.0. The Morgan fingerprint density at radius 2 is 0.818 bits per heavy atom. The predicted molar refractivity (Wildman–Crippen MR) is 331 cm³/mol. The zero-order chi connectivity index (χ0) is 58.9. The molecule has 1 aliphatic carbocycles. The monoisotopic (exact) mass is 1100 g/mol. The lowest BCUT2D eigenvalue weighted by Crippen LogP contribution is -2.42. The van der Waals surface area contributed by atoms with E-state index in [1.807, 2.05) is 7.11 Å². The summed E-state index contributed by atoms with van der Waals surface area (Å²) in [6.07, 6.45) is 12.2. The molecule has 1 saturated carbocycles. The fraction of sp³-hybridized carbons (Fsp3) is 1.00. The van der Waals surface area contributed by atoms with Crippen molar-refractivity contribution in [2.75, 3.05) is 46.5 Å². The summed E-state index contributed by atoms with van der Waals surface area (Å²) in [5.74, 6) is 7.62. The van der Waals surface area contributed by atoms with Crippen molar-refractivity contribution in [3.05, 3.63) is 0 Å². The number of nitrogens with zero attached hydrogens (tertiary/aromatic N) is 6. The molecular weight excluding hydrogens is 959 g/mol. The largest absolute Gasteiger partial charge is 0.384 e. The summed E-state index contributed by atoms with van der Waals surface area (Å²) < 4.78 is 33.6. The average molecular weight is 1100 g/mol. The molecule has 0 amide bonds. The van der Waals surface area contributed by atoms with Gasteiger partial charge in [0.05, 0.1) is 13.2 Å². The number of rotatable bonds is 17. The second-order valence-corrected chi connectivity index (χ2v) is 29.6. The summed E-state index contributed by atoms with van der Waals surface area (Å²) in [7, 11) is 1.81. The number of methoxy groups -OCH3 is 1. The first-order chi connectivity index (χ1) is 35.8. The van der Waals surface area contributed by atoms with Crippen LogP contribution in [-0.2, 0) is 9.47 Å². The van der Waals surface area contributed by atoms with E-state index in [2.05, 4.69) is 214 Å². The molecule has 12 atom stereocenters. The molecule has 0 aromatic rings. The summed E-state index contributed by atoms with van der Waals surface area (Å²) in [4.78, 5) is 15.8. The number of alkyl halides is 2. The van der Waals surface area contributed by atoms with Crippen molar-refractivity contribution in [2.24, 2.45) is 59.2 Å². The fourth-order valence-corrected chi connectivity index (χ4v) is 15.2. The molecule has 0 aromatic carbocycles. The molecule has 6 saturated heterocycles. The molecule has 77 heavy (non-hydrogen) atoms. The van der Waals surface area contributed by atoms with Crippen LogP contribution in [0.25, 0.3) is 0 Å². The minimum atomic E-state index is -2.63. The number of hydrogen-bond donors (Lipinski definition) is 0. The predicted octanol–water partition coefficient (Wildman–Crippen LogP) is 16.1. The summed E-state index contributed by atoms with van der Waals surface area (Å²) in [6.45, 7) is 63.2. The molecule has 6 heterocycles. The van der Waals surface area contributed by atoms with Gasteiger partial charge in [-0.05, 0) is 214 Å². The van der Waals surface area contributed by atoms with E-state index in [-0.39, 0.29) is 12.5 Å². The Bertz CT molecular complexity index is 1420. The van der Waals surface area contributed by atoms with E-state index in [4.69, 9.17) is 4.74 Å². The number of ether oxygens (including phenoxy) is 2. The van der Waals surface area contributed by atoms with E-state index in [0.717, 1.165) is 133 Å². The van der Waals surface area contributed by atoms with Crippen LogP contribution < -0.4 is 0 Å². The smallest absolute Gasteiger partial charge is 0.345 e. The van der Waals surface area contributed by atoms with Gasteiger partial charge in [-0.2, -0.15) is 8.78 Å². The molecular formula is C67H136F2N6O2. The molecule has 0 N–H and O–H groups in total. The lowest BCUT2D eigenvalue weighted by atomic mass is 9.97. The van der Waals surface area contributed by atoms with Crippen molar-refractivity contribution in [3.63, 3.8) is 0 Å². The van der Waals surface area contributed by atoms with Crippen molar-refractivity contribution < 1.29 is 18.3 Å². The molecule has 7 fully saturated rings. The van der Waals surface area contributed by atoms with Gasteiger partial charge in [0.15, 0.2) is 0 Å². The highest BCUT2D eigenvalue weighted by Crippen LogP contribution is 2.50. The normalized spacial score (nSPS) is 31.4. The van der Waals surface area contributed by atoms with Crippen molar-refractivity contribution in [1.82, 2.24) is 29.4 Å². The van der Waals surface area contributed by atoms with Crippen LogP contribution in [0.15, 0.2) is 0 Å². The highest BCUT2D eigenvalue weighted by Gasteiger charge is 2.53. The summed E-state index contributed by atoms with van der Waals surface area (Å²) in [6, 6.07) is 10.5. The number of piperidine rings is 1. The first-order valence-corrected chi connectivity index (χ1v) is 32.7. The number of likely N-dealkylation sites (tertiary alicyclic amines) is 6. The molecule has 6 aliphatic heterocycles. The second-order valence-electron chi connectivity index (χ2n) is 29.6. The number of halogens is 2. The van der Waals surface area contributed by atoms with Crippen LogP contribution in [0.4, 0.5) is 8.78 Å². The van der Waals surface area contributed by atoms with Gasteiger partial charge in [-0.3, -0.25) is 29.4 Å². The van der Waals surface area contributed by atoms with Gasteiger partial charge < -0.3 is 9.47 Å². The summed E-state index contributed by atoms with van der Waals surface area (Å²) in [5.41, 5.74) is 0. The maximum Gasteiger partial charge on any atom is 0.345 e. The third kappa shape index (κ3) is 23.3. The Hall–Kier alpha value is -0.460. The maximum atomic E-state index is 12.0. The van der Waals surface area contributed by atoms with Gasteiger partial charge in [-0.1, -0.05) is 90.0 Å². The Morgan fingerprint density at radius 3 is 1.14 bits per heavy atom. The molecule has 6 unspecified atom stereocenters. The third-order valence-electron chi connectivity index (χ3n) is 19.2. The van der Waals surface area contributed by atoms with Gasteiger partial charge in [0.1, 0.15) is 0 Å². The van der Waals surface area contributed by atoms with Gasteiger partial charge in [0, 0.05) is 111 Å². The molecule has 7 rings (SSSR count).